The second kappa shape index (κ2) is 13.6. The lowest BCUT2D eigenvalue weighted by atomic mass is 9.75. The number of carbonyl (C=O) groups is 4. The van der Waals surface area contributed by atoms with Crippen LogP contribution in [0.15, 0.2) is 138 Å². The van der Waals surface area contributed by atoms with Crippen molar-refractivity contribution in [2.45, 2.75) is 70.2 Å². The molecule has 0 N–H and O–H groups in total. The van der Waals surface area contributed by atoms with Gasteiger partial charge < -0.3 is 9.47 Å². The van der Waals surface area contributed by atoms with E-state index in [0.717, 1.165) is 21.6 Å². The molecule has 3 heterocycles. The Morgan fingerprint density at radius 3 is 1.67 bits per heavy atom. The van der Waals surface area contributed by atoms with Crippen LogP contribution in [0.25, 0.3) is 10.9 Å². The fourth-order valence-corrected chi connectivity index (χ4v) is 8.82. The van der Waals surface area contributed by atoms with Crippen molar-refractivity contribution < 1.29 is 28.7 Å². The van der Waals surface area contributed by atoms with E-state index in [1.54, 1.807) is 76.8 Å². The monoisotopic (exact) mass is 823 g/mol. The molecule has 288 valence electrons. The van der Waals surface area contributed by atoms with Crippen molar-refractivity contribution in [1.29, 1.82) is 0 Å². The molecule has 8 rings (SSSR count). The second-order valence-corrected chi connectivity index (χ2v) is 17.3. The molecule has 0 saturated carbocycles. The maximum absolute atomic E-state index is 16.6. The van der Waals surface area contributed by atoms with Gasteiger partial charge in [-0.1, -0.05) is 125 Å². The molecule has 3 amide bonds. The molecule has 5 aromatic carbocycles. The number of imide groups is 1. The molecule has 0 fully saturated rings. The molecule has 0 radical (unpaired) electrons. The van der Waals surface area contributed by atoms with E-state index < -0.39 is 46.3 Å². The first-order valence-corrected chi connectivity index (χ1v) is 19.6. The molecule has 0 saturated heterocycles. The number of rotatable bonds is 4. The lowest BCUT2D eigenvalue weighted by molar-refractivity contribution is -0.130. The molecule has 10 heteroatoms. The molecular formula is C47H42BrN3O6. The minimum atomic E-state index is -2.04. The Hall–Kier alpha value is -6.00. The third kappa shape index (κ3) is 5.96. The fraction of sp³-hybridized carbons (Fsp3) is 0.234. The predicted molar refractivity (Wildman–Crippen MR) is 222 cm³/mol. The average molecular weight is 825 g/mol. The summed E-state index contributed by atoms with van der Waals surface area (Å²) in [5.41, 5.74) is -1.31. The van der Waals surface area contributed by atoms with Crippen LogP contribution in [0.1, 0.15) is 79.8 Å². The first-order chi connectivity index (χ1) is 27.1. The molecule has 1 aromatic heterocycles. The lowest BCUT2D eigenvalue weighted by Crippen LogP contribution is -2.64. The van der Waals surface area contributed by atoms with Gasteiger partial charge in [0, 0.05) is 27.5 Å². The number of amides is 3. The van der Waals surface area contributed by atoms with Gasteiger partial charge in [-0.05, 0) is 82.5 Å². The number of para-hydroxylation sites is 1. The first-order valence-electron chi connectivity index (χ1n) is 18.8. The van der Waals surface area contributed by atoms with Crippen LogP contribution in [-0.2, 0) is 31.8 Å². The number of hydrogen-bond acceptors (Lipinski definition) is 6. The highest BCUT2D eigenvalue weighted by Gasteiger charge is 2.66. The Bertz CT molecular complexity index is 2480. The van der Waals surface area contributed by atoms with Crippen LogP contribution in [0.5, 0.6) is 0 Å². The quantitative estimate of drug-likeness (QED) is 0.164. The standard InChI is InChI=1S/C47H42BrN3O6/c1-44(2,3)56-42(54)49-36-25-17-16-24-34(36)39-38(49)29-46(51(40(39)52)43(55)57-45(4,5)6)35-28-33(48)26-27-37(35)50(41(46)53)47(30-18-10-7-11-19-30,31-20-12-8-13-21-31)32-22-14-9-15-23-32/h7-28H,29H2,1-6H3/t46-/m0/s1. The van der Waals surface area contributed by atoms with E-state index >= 15 is 9.59 Å². The van der Waals surface area contributed by atoms with Gasteiger partial charge in [-0.15, -0.1) is 0 Å². The number of anilines is 1. The summed E-state index contributed by atoms with van der Waals surface area (Å²) in [5.74, 6) is -1.33. The summed E-state index contributed by atoms with van der Waals surface area (Å²) in [6.07, 6.45) is -1.95. The SMILES string of the molecule is CC(C)(C)OC(=O)N1C(=O)c2c(n(C(=O)OC(C)(C)C)c3ccccc23)C[C@]12C(=O)N(C(c1ccccc1)(c1ccccc1)c1ccccc1)c1ccc(Br)cc12. The van der Waals surface area contributed by atoms with Gasteiger partial charge in [-0.2, -0.15) is 0 Å². The zero-order valence-electron chi connectivity index (χ0n) is 32.6. The van der Waals surface area contributed by atoms with Crippen LogP contribution >= 0.6 is 15.9 Å². The molecule has 57 heavy (non-hydrogen) atoms. The maximum atomic E-state index is 16.6. The topological polar surface area (TPSA) is 98.1 Å². The van der Waals surface area contributed by atoms with E-state index in [4.69, 9.17) is 9.47 Å². The average Bonchev–Trinajstić information content (AvgIpc) is 3.61. The highest BCUT2D eigenvalue weighted by Crippen LogP contribution is 2.57. The summed E-state index contributed by atoms with van der Waals surface area (Å²) >= 11 is 3.66. The summed E-state index contributed by atoms with van der Waals surface area (Å²) in [7, 11) is 0. The largest absolute Gasteiger partial charge is 0.443 e. The number of halogens is 1. The zero-order valence-corrected chi connectivity index (χ0v) is 34.2. The minimum absolute atomic E-state index is 0.121. The van der Waals surface area contributed by atoms with E-state index in [1.165, 1.54) is 4.57 Å². The molecular weight excluding hydrogens is 782 g/mol. The Balaban J connectivity index is 1.50. The molecule has 9 nitrogen and oxygen atoms in total. The first kappa shape index (κ1) is 37.9. The molecule has 2 aliphatic heterocycles. The lowest BCUT2D eigenvalue weighted by Gasteiger charge is -2.46. The van der Waals surface area contributed by atoms with Crippen LogP contribution in [0, 0.1) is 0 Å². The highest BCUT2D eigenvalue weighted by atomic mass is 79.9. The predicted octanol–water partition coefficient (Wildman–Crippen LogP) is 10.4. The third-order valence-electron chi connectivity index (χ3n) is 10.5. The molecule has 6 aromatic rings. The number of carbonyl (C=O) groups excluding carboxylic acids is 4. The van der Waals surface area contributed by atoms with Gasteiger partial charge >= 0.3 is 12.2 Å². The van der Waals surface area contributed by atoms with Crippen molar-refractivity contribution in [1.82, 2.24) is 9.47 Å². The van der Waals surface area contributed by atoms with Crippen molar-refractivity contribution >= 4 is 56.5 Å². The summed E-state index contributed by atoms with van der Waals surface area (Å²) in [6, 6.07) is 41.7. The van der Waals surface area contributed by atoms with Crippen molar-refractivity contribution in [3.05, 3.63) is 171 Å². The van der Waals surface area contributed by atoms with E-state index in [2.05, 4.69) is 15.9 Å². The highest BCUT2D eigenvalue weighted by molar-refractivity contribution is 9.10. The Kier molecular flexibility index (Phi) is 9.03. The minimum Gasteiger partial charge on any atom is -0.443 e. The van der Waals surface area contributed by atoms with E-state index in [9.17, 15) is 9.59 Å². The number of fused-ring (bicyclic) bond motifs is 5. The summed E-state index contributed by atoms with van der Waals surface area (Å²) in [4.78, 5) is 64.0. The van der Waals surface area contributed by atoms with Gasteiger partial charge in [0.25, 0.3) is 11.8 Å². The van der Waals surface area contributed by atoms with Gasteiger partial charge in [0.15, 0.2) is 5.54 Å². The van der Waals surface area contributed by atoms with Crippen molar-refractivity contribution in [3.63, 3.8) is 0 Å². The molecule has 1 atom stereocenters. The number of aromatic nitrogens is 1. The van der Waals surface area contributed by atoms with E-state index in [1.807, 2.05) is 103 Å². The van der Waals surface area contributed by atoms with E-state index in [-0.39, 0.29) is 17.7 Å². The number of hydrogen-bond donors (Lipinski definition) is 0. The summed E-state index contributed by atoms with van der Waals surface area (Å²) in [6.45, 7) is 10.4. The fourth-order valence-electron chi connectivity index (χ4n) is 8.46. The van der Waals surface area contributed by atoms with Crippen LogP contribution in [0.3, 0.4) is 0 Å². The normalized spacial score (nSPS) is 16.8. The van der Waals surface area contributed by atoms with Gasteiger partial charge in [0.1, 0.15) is 16.7 Å². The van der Waals surface area contributed by atoms with Gasteiger partial charge in [0.05, 0.1) is 16.8 Å². The zero-order chi connectivity index (χ0) is 40.5. The Labute approximate surface area is 339 Å². The number of ether oxygens (including phenoxy) is 2. The van der Waals surface area contributed by atoms with Gasteiger partial charge in [-0.3, -0.25) is 14.5 Å². The van der Waals surface area contributed by atoms with Crippen LogP contribution < -0.4 is 4.90 Å². The van der Waals surface area contributed by atoms with Crippen molar-refractivity contribution in [3.8, 4) is 0 Å². The molecule has 0 unspecified atom stereocenters. The Morgan fingerprint density at radius 1 is 0.649 bits per heavy atom. The van der Waals surface area contributed by atoms with Crippen LogP contribution in [-0.4, -0.2) is 44.7 Å². The van der Waals surface area contributed by atoms with Crippen LogP contribution in [0.4, 0.5) is 15.3 Å². The summed E-state index contributed by atoms with van der Waals surface area (Å²) in [5, 5.41) is 0.440. The maximum Gasteiger partial charge on any atom is 0.419 e. The van der Waals surface area contributed by atoms with Gasteiger partial charge in [-0.25, -0.2) is 19.1 Å². The Morgan fingerprint density at radius 2 is 1.14 bits per heavy atom. The molecule has 2 aliphatic rings. The third-order valence-corrected chi connectivity index (χ3v) is 11.0. The van der Waals surface area contributed by atoms with Crippen molar-refractivity contribution in [2.75, 3.05) is 4.90 Å². The van der Waals surface area contributed by atoms with Crippen LogP contribution in [0.2, 0.25) is 0 Å². The molecule has 1 spiro atoms. The smallest absolute Gasteiger partial charge is 0.419 e. The van der Waals surface area contributed by atoms with Crippen molar-refractivity contribution in [2.24, 2.45) is 0 Å². The number of benzene rings is 5. The van der Waals surface area contributed by atoms with Gasteiger partial charge in [0.2, 0.25) is 0 Å². The molecule has 0 bridgehead atoms. The second-order valence-electron chi connectivity index (χ2n) is 16.4. The molecule has 0 aliphatic carbocycles. The van der Waals surface area contributed by atoms with E-state index in [0.29, 0.717) is 26.6 Å². The number of nitrogens with zero attached hydrogens (tertiary/aromatic N) is 3. The summed E-state index contributed by atoms with van der Waals surface area (Å²) < 4.78 is 14.0.